The molecule has 2 aromatic rings. The number of allylic oxidation sites excluding steroid dienone is 6. The average Bonchev–Trinajstić information content (AvgIpc) is 3.29. The molecule has 1 aliphatic carbocycles. The fourth-order valence-corrected chi connectivity index (χ4v) is 4.24. The van der Waals surface area contributed by atoms with Gasteiger partial charge in [-0.3, -0.25) is 4.79 Å². The molecule has 0 aliphatic heterocycles. The molecule has 0 aromatic heterocycles. The highest BCUT2D eigenvalue weighted by atomic mass is 16.1. The zero-order chi connectivity index (χ0) is 22.4. The molecule has 1 nitrogen and oxygen atoms in total. The van der Waals surface area contributed by atoms with E-state index in [9.17, 15) is 4.79 Å². The van der Waals surface area contributed by atoms with E-state index in [-0.39, 0.29) is 11.3 Å². The minimum absolute atomic E-state index is 0.00000349. The highest BCUT2D eigenvalue weighted by molar-refractivity contribution is 5.85. The van der Waals surface area contributed by atoms with E-state index in [0.29, 0.717) is 12.2 Å². The van der Waals surface area contributed by atoms with Crippen molar-refractivity contribution in [2.75, 3.05) is 0 Å². The first kappa shape index (κ1) is 23.0. The minimum atomic E-state index is -0.122. The van der Waals surface area contributed by atoms with Gasteiger partial charge in [-0.1, -0.05) is 105 Å². The zero-order valence-electron chi connectivity index (χ0n) is 19.7. The number of hydrogen-bond acceptors (Lipinski definition) is 1. The highest BCUT2D eigenvalue weighted by Crippen LogP contribution is 2.40. The number of carbonyl (C=O) groups is 1. The van der Waals surface area contributed by atoms with Crippen LogP contribution in [0.5, 0.6) is 0 Å². The summed E-state index contributed by atoms with van der Waals surface area (Å²) in [6.45, 7) is 10.5. The summed E-state index contributed by atoms with van der Waals surface area (Å²) in [5, 5.41) is 0. The average molecular weight is 413 g/mol. The van der Waals surface area contributed by atoms with Crippen molar-refractivity contribution in [2.24, 2.45) is 11.3 Å². The monoisotopic (exact) mass is 412 g/mol. The molecule has 162 valence electrons. The van der Waals surface area contributed by atoms with Crippen LogP contribution in [0.25, 0.3) is 5.57 Å². The predicted octanol–water partition coefficient (Wildman–Crippen LogP) is 7.77. The van der Waals surface area contributed by atoms with Gasteiger partial charge in [0.2, 0.25) is 0 Å². The van der Waals surface area contributed by atoms with Crippen molar-refractivity contribution in [3.05, 3.63) is 101 Å². The van der Waals surface area contributed by atoms with E-state index in [4.69, 9.17) is 0 Å². The van der Waals surface area contributed by atoms with Crippen LogP contribution in [-0.2, 0) is 17.6 Å². The molecule has 1 heteroatoms. The van der Waals surface area contributed by atoms with E-state index in [0.717, 1.165) is 24.8 Å². The van der Waals surface area contributed by atoms with Crippen LogP contribution in [0.3, 0.4) is 0 Å². The standard InChI is InChI=1S/C30H36O/c1-6-22(2)23(3)29(31)21-30(4,5)28-18-17-27(20-28)26-14-10-13-25(19-26)16-15-24-11-8-7-9-12-24/h6-14,17,19-20,23H,15-16,18,21H2,1-5H3/b22-6-. The van der Waals surface area contributed by atoms with Crippen LogP contribution in [-0.4, -0.2) is 5.78 Å². The summed E-state index contributed by atoms with van der Waals surface area (Å²) < 4.78 is 0. The predicted molar refractivity (Wildman–Crippen MR) is 133 cm³/mol. The summed E-state index contributed by atoms with van der Waals surface area (Å²) in [6.07, 6.45) is 10.3. The lowest BCUT2D eigenvalue weighted by atomic mass is 9.76. The Morgan fingerprint density at radius 1 is 1.03 bits per heavy atom. The SMILES string of the molecule is C/C=C(/C)C(C)C(=O)CC(C)(C)C1=CC(c2cccc(CCc3ccccc3)c2)=CC1. The highest BCUT2D eigenvalue weighted by Gasteiger charge is 2.30. The number of carbonyl (C=O) groups excluding carboxylic acids is 1. The van der Waals surface area contributed by atoms with Crippen LogP contribution in [0.2, 0.25) is 0 Å². The van der Waals surface area contributed by atoms with Crippen LogP contribution < -0.4 is 0 Å². The summed E-state index contributed by atoms with van der Waals surface area (Å²) in [5.41, 5.74) is 7.71. The maximum atomic E-state index is 12.8. The van der Waals surface area contributed by atoms with Gasteiger partial charge < -0.3 is 0 Å². The van der Waals surface area contributed by atoms with Gasteiger partial charge in [-0.15, -0.1) is 0 Å². The molecule has 3 rings (SSSR count). The van der Waals surface area contributed by atoms with Crippen molar-refractivity contribution in [1.82, 2.24) is 0 Å². The molecule has 0 fully saturated rings. The Kier molecular flexibility index (Phi) is 7.49. The van der Waals surface area contributed by atoms with Crippen LogP contribution in [0.15, 0.2) is 84.0 Å². The third-order valence-electron chi connectivity index (χ3n) is 6.78. The normalized spacial score (nSPS) is 15.5. The van der Waals surface area contributed by atoms with Crippen molar-refractivity contribution in [3.63, 3.8) is 0 Å². The number of hydrogen-bond donors (Lipinski definition) is 0. The van der Waals surface area contributed by atoms with E-state index in [1.165, 1.54) is 27.8 Å². The summed E-state index contributed by atoms with van der Waals surface area (Å²) >= 11 is 0. The lowest BCUT2D eigenvalue weighted by molar-refractivity contribution is -0.122. The molecule has 31 heavy (non-hydrogen) atoms. The van der Waals surface area contributed by atoms with Crippen molar-refractivity contribution in [3.8, 4) is 0 Å². The molecule has 0 bridgehead atoms. The maximum Gasteiger partial charge on any atom is 0.140 e. The molecule has 1 atom stereocenters. The second kappa shape index (κ2) is 10.1. The molecule has 0 saturated carbocycles. The van der Waals surface area contributed by atoms with Gasteiger partial charge in [0.05, 0.1) is 0 Å². The molecule has 1 unspecified atom stereocenters. The molecule has 0 N–H and O–H groups in total. The van der Waals surface area contributed by atoms with E-state index in [1.807, 2.05) is 13.8 Å². The molecule has 0 amide bonds. The molecular formula is C30H36O. The molecule has 0 spiro atoms. The Labute approximate surface area is 188 Å². The van der Waals surface area contributed by atoms with E-state index >= 15 is 0 Å². The Morgan fingerprint density at radius 3 is 2.42 bits per heavy atom. The fraction of sp³-hybridized carbons (Fsp3) is 0.367. The van der Waals surface area contributed by atoms with Crippen molar-refractivity contribution < 1.29 is 4.79 Å². The first-order chi connectivity index (χ1) is 14.8. The summed E-state index contributed by atoms with van der Waals surface area (Å²) in [5.74, 6) is 0.331. The molecule has 2 aromatic carbocycles. The van der Waals surface area contributed by atoms with Gasteiger partial charge in [0.1, 0.15) is 5.78 Å². The third kappa shape index (κ3) is 5.94. The number of benzene rings is 2. The molecule has 1 aliphatic rings. The second-order valence-electron chi connectivity index (χ2n) is 9.50. The number of aryl methyl sites for hydroxylation is 2. The summed E-state index contributed by atoms with van der Waals surface area (Å²) in [6, 6.07) is 19.6. The van der Waals surface area contributed by atoms with Gasteiger partial charge in [-0.2, -0.15) is 0 Å². The van der Waals surface area contributed by atoms with E-state index < -0.39 is 0 Å². The van der Waals surface area contributed by atoms with Gasteiger partial charge >= 0.3 is 0 Å². The molecule has 0 heterocycles. The lowest BCUT2D eigenvalue weighted by Crippen LogP contribution is -2.23. The minimum Gasteiger partial charge on any atom is -0.299 e. The van der Waals surface area contributed by atoms with E-state index in [2.05, 4.69) is 93.6 Å². The first-order valence-corrected chi connectivity index (χ1v) is 11.5. The van der Waals surface area contributed by atoms with Crippen molar-refractivity contribution in [2.45, 2.75) is 60.3 Å². The van der Waals surface area contributed by atoms with Gasteiger partial charge in [0.15, 0.2) is 0 Å². The summed E-state index contributed by atoms with van der Waals surface area (Å²) in [7, 11) is 0. The largest absolute Gasteiger partial charge is 0.299 e. The molecule has 0 radical (unpaired) electrons. The number of rotatable bonds is 9. The fourth-order valence-electron chi connectivity index (χ4n) is 4.24. The first-order valence-electron chi connectivity index (χ1n) is 11.5. The van der Waals surface area contributed by atoms with Crippen LogP contribution in [0.4, 0.5) is 0 Å². The smallest absolute Gasteiger partial charge is 0.140 e. The van der Waals surface area contributed by atoms with E-state index in [1.54, 1.807) is 0 Å². The van der Waals surface area contributed by atoms with Crippen molar-refractivity contribution >= 4 is 11.4 Å². The van der Waals surface area contributed by atoms with Gasteiger partial charge in [0.25, 0.3) is 0 Å². The Balaban J connectivity index is 1.68. The van der Waals surface area contributed by atoms with Crippen LogP contribution >= 0.6 is 0 Å². The Hall–Kier alpha value is -2.67. The summed E-state index contributed by atoms with van der Waals surface area (Å²) in [4.78, 5) is 12.8. The Morgan fingerprint density at radius 2 is 1.71 bits per heavy atom. The van der Waals surface area contributed by atoms with Gasteiger partial charge in [-0.05, 0) is 60.8 Å². The quantitative estimate of drug-likeness (QED) is 0.384. The number of Topliss-reactive ketones (excluding diaryl/α,β-unsaturated/α-hetero) is 1. The van der Waals surface area contributed by atoms with Gasteiger partial charge in [0, 0.05) is 12.3 Å². The van der Waals surface area contributed by atoms with Crippen LogP contribution in [0, 0.1) is 11.3 Å². The lowest BCUT2D eigenvalue weighted by Gasteiger charge is -2.27. The van der Waals surface area contributed by atoms with Gasteiger partial charge in [-0.25, -0.2) is 0 Å². The second-order valence-corrected chi connectivity index (χ2v) is 9.50. The molecule has 0 saturated heterocycles. The van der Waals surface area contributed by atoms with Crippen LogP contribution in [0.1, 0.15) is 64.2 Å². The Bertz CT molecular complexity index is 1000. The third-order valence-corrected chi connectivity index (χ3v) is 6.78. The zero-order valence-corrected chi connectivity index (χ0v) is 19.7. The molecular weight excluding hydrogens is 376 g/mol. The van der Waals surface area contributed by atoms with Crippen molar-refractivity contribution in [1.29, 1.82) is 0 Å². The number of ketones is 1. The maximum absolute atomic E-state index is 12.8. The topological polar surface area (TPSA) is 17.1 Å².